The largest absolute Gasteiger partial charge is 0.392 e. The van der Waals surface area contributed by atoms with Crippen molar-refractivity contribution in [2.45, 2.75) is 19.4 Å². The Hall–Kier alpha value is -1.59. The summed E-state index contributed by atoms with van der Waals surface area (Å²) < 4.78 is 1.78. The molecule has 0 saturated carbocycles. The van der Waals surface area contributed by atoms with Gasteiger partial charge in [0.15, 0.2) is 0 Å². The Kier molecular flexibility index (Phi) is 3.84. The number of amides is 1. The minimum absolute atomic E-state index is 0.162. The molecular formula is C12H14ClN3O2. The zero-order valence-electron chi connectivity index (χ0n) is 9.93. The molecule has 18 heavy (non-hydrogen) atoms. The van der Waals surface area contributed by atoms with Gasteiger partial charge in [0.25, 0.3) is 0 Å². The molecule has 2 aromatic rings. The summed E-state index contributed by atoms with van der Waals surface area (Å²) >= 11 is 5.86. The van der Waals surface area contributed by atoms with Gasteiger partial charge in [0.05, 0.1) is 23.2 Å². The molecule has 0 aliphatic carbocycles. The molecule has 0 aliphatic heterocycles. The Bertz CT molecular complexity index is 565. The summed E-state index contributed by atoms with van der Waals surface area (Å²) in [6.07, 6.45) is 3.14. The van der Waals surface area contributed by atoms with Gasteiger partial charge in [-0.25, -0.2) is 4.98 Å². The number of hydrogen-bond donors (Lipinski definition) is 2. The van der Waals surface area contributed by atoms with Crippen LogP contribution >= 0.6 is 11.6 Å². The summed E-state index contributed by atoms with van der Waals surface area (Å²) in [7, 11) is 0. The summed E-state index contributed by atoms with van der Waals surface area (Å²) in [4.78, 5) is 15.9. The molecule has 0 radical (unpaired) electrons. The minimum Gasteiger partial charge on any atom is -0.392 e. The molecule has 0 aromatic carbocycles. The van der Waals surface area contributed by atoms with Crippen LogP contribution in [0, 0.1) is 0 Å². The summed E-state index contributed by atoms with van der Waals surface area (Å²) in [5.74, 6) is -0.162. The molecule has 1 amide bonds. The highest BCUT2D eigenvalue weighted by Gasteiger charge is 2.08. The fraction of sp³-hybridized carbons (Fsp3) is 0.333. The number of aliphatic hydroxyl groups excluding tert-OH is 1. The van der Waals surface area contributed by atoms with E-state index in [9.17, 15) is 4.79 Å². The first-order chi connectivity index (χ1) is 8.54. The summed E-state index contributed by atoms with van der Waals surface area (Å²) in [5.41, 5.74) is 1.41. The zero-order valence-corrected chi connectivity index (χ0v) is 10.7. The van der Waals surface area contributed by atoms with E-state index >= 15 is 0 Å². The zero-order chi connectivity index (χ0) is 13.1. The first-order valence-corrected chi connectivity index (χ1v) is 6.00. The van der Waals surface area contributed by atoms with E-state index in [1.165, 1.54) is 0 Å². The number of rotatable bonds is 4. The standard InChI is InChI=1S/C12H14ClN3O2/c1-8(17)5-14-12(18)4-10-7-16-6-9(13)2-3-11(16)15-10/h2-3,6-8,17H,4-5H2,1H3,(H,14,18). The van der Waals surface area contributed by atoms with Gasteiger partial charge in [-0.15, -0.1) is 0 Å². The second-order valence-electron chi connectivity index (χ2n) is 4.17. The molecule has 96 valence electrons. The second-order valence-corrected chi connectivity index (χ2v) is 4.61. The van der Waals surface area contributed by atoms with E-state index in [1.54, 1.807) is 35.9 Å². The average Bonchev–Trinajstić information content (AvgIpc) is 2.67. The number of nitrogens with zero attached hydrogens (tertiary/aromatic N) is 2. The van der Waals surface area contributed by atoms with Crippen molar-refractivity contribution >= 4 is 23.2 Å². The van der Waals surface area contributed by atoms with Crippen LogP contribution < -0.4 is 5.32 Å². The van der Waals surface area contributed by atoms with Crippen molar-refractivity contribution in [3.8, 4) is 0 Å². The maximum absolute atomic E-state index is 11.6. The highest BCUT2D eigenvalue weighted by Crippen LogP contribution is 2.11. The van der Waals surface area contributed by atoms with Crippen molar-refractivity contribution in [3.63, 3.8) is 0 Å². The topological polar surface area (TPSA) is 66.6 Å². The normalized spacial score (nSPS) is 12.6. The van der Waals surface area contributed by atoms with E-state index in [0.29, 0.717) is 10.7 Å². The lowest BCUT2D eigenvalue weighted by molar-refractivity contribution is -0.120. The van der Waals surface area contributed by atoms with Crippen LogP contribution in [0.15, 0.2) is 24.5 Å². The number of pyridine rings is 1. The fourth-order valence-corrected chi connectivity index (χ4v) is 1.76. The Balaban J connectivity index is 2.05. The molecule has 0 fully saturated rings. The number of hydrogen-bond acceptors (Lipinski definition) is 3. The Morgan fingerprint density at radius 1 is 1.56 bits per heavy atom. The van der Waals surface area contributed by atoms with Gasteiger partial charge in [-0.1, -0.05) is 11.6 Å². The van der Waals surface area contributed by atoms with Crippen molar-refractivity contribution in [2.75, 3.05) is 6.54 Å². The van der Waals surface area contributed by atoms with Crippen molar-refractivity contribution in [1.29, 1.82) is 0 Å². The minimum atomic E-state index is -0.547. The van der Waals surface area contributed by atoms with Gasteiger partial charge < -0.3 is 14.8 Å². The predicted octanol–water partition coefficient (Wildman–Crippen LogP) is 1.03. The van der Waals surface area contributed by atoms with Gasteiger partial charge in [0.1, 0.15) is 5.65 Å². The smallest absolute Gasteiger partial charge is 0.226 e. The van der Waals surface area contributed by atoms with Crippen LogP contribution in [0.25, 0.3) is 5.65 Å². The summed E-state index contributed by atoms with van der Waals surface area (Å²) in [6, 6.07) is 3.54. The van der Waals surface area contributed by atoms with Gasteiger partial charge in [-0.3, -0.25) is 4.79 Å². The highest BCUT2D eigenvalue weighted by atomic mass is 35.5. The van der Waals surface area contributed by atoms with Crippen molar-refractivity contribution < 1.29 is 9.90 Å². The van der Waals surface area contributed by atoms with Crippen molar-refractivity contribution in [1.82, 2.24) is 14.7 Å². The molecule has 0 saturated heterocycles. The van der Waals surface area contributed by atoms with E-state index < -0.39 is 6.10 Å². The maximum Gasteiger partial charge on any atom is 0.226 e. The first kappa shape index (κ1) is 12.9. The second kappa shape index (κ2) is 5.37. The van der Waals surface area contributed by atoms with Crippen LogP contribution in [0.5, 0.6) is 0 Å². The van der Waals surface area contributed by atoms with Gasteiger partial charge in [0, 0.05) is 18.9 Å². The average molecular weight is 268 g/mol. The van der Waals surface area contributed by atoms with Gasteiger partial charge in [0.2, 0.25) is 5.91 Å². The number of nitrogens with one attached hydrogen (secondary N) is 1. The summed E-state index contributed by atoms with van der Waals surface area (Å²) in [6.45, 7) is 1.87. The number of carbonyl (C=O) groups excluding carboxylic acids is 1. The molecule has 0 aliphatic rings. The molecule has 2 heterocycles. The molecule has 6 heteroatoms. The van der Waals surface area contributed by atoms with E-state index in [4.69, 9.17) is 16.7 Å². The molecule has 5 nitrogen and oxygen atoms in total. The Morgan fingerprint density at radius 3 is 3.06 bits per heavy atom. The number of fused-ring (bicyclic) bond motifs is 1. The molecular weight excluding hydrogens is 254 g/mol. The van der Waals surface area contributed by atoms with Crippen LogP contribution in [-0.4, -0.2) is 33.0 Å². The fourth-order valence-electron chi connectivity index (χ4n) is 1.59. The monoisotopic (exact) mass is 267 g/mol. The van der Waals surface area contributed by atoms with Gasteiger partial charge in [-0.05, 0) is 19.1 Å². The van der Waals surface area contributed by atoms with Crippen LogP contribution in [0.3, 0.4) is 0 Å². The molecule has 1 unspecified atom stereocenters. The van der Waals surface area contributed by atoms with Crippen molar-refractivity contribution in [3.05, 3.63) is 35.2 Å². The number of halogens is 1. The molecule has 0 bridgehead atoms. The molecule has 0 spiro atoms. The highest BCUT2D eigenvalue weighted by molar-refractivity contribution is 6.30. The lowest BCUT2D eigenvalue weighted by Crippen LogP contribution is -2.31. The van der Waals surface area contributed by atoms with E-state index in [1.807, 2.05) is 0 Å². The van der Waals surface area contributed by atoms with Gasteiger partial charge in [-0.2, -0.15) is 0 Å². The number of imidazole rings is 1. The molecule has 2 rings (SSSR count). The Morgan fingerprint density at radius 2 is 2.33 bits per heavy atom. The molecule has 2 N–H and O–H groups in total. The molecule has 1 atom stereocenters. The van der Waals surface area contributed by atoms with E-state index in [0.717, 1.165) is 5.65 Å². The third-order valence-electron chi connectivity index (χ3n) is 2.40. The third-order valence-corrected chi connectivity index (χ3v) is 2.62. The Labute approximate surface area is 109 Å². The summed E-state index contributed by atoms with van der Waals surface area (Å²) in [5, 5.41) is 12.3. The van der Waals surface area contributed by atoms with Crippen LogP contribution in [-0.2, 0) is 11.2 Å². The van der Waals surface area contributed by atoms with Crippen LogP contribution in [0.2, 0.25) is 5.02 Å². The van der Waals surface area contributed by atoms with E-state index in [-0.39, 0.29) is 18.9 Å². The van der Waals surface area contributed by atoms with Crippen molar-refractivity contribution in [2.24, 2.45) is 0 Å². The lowest BCUT2D eigenvalue weighted by atomic mass is 10.3. The SMILES string of the molecule is CC(O)CNC(=O)Cc1cn2cc(Cl)ccc2n1. The first-order valence-electron chi connectivity index (χ1n) is 5.62. The van der Waals surface area contributed by atoms with Crippen LogP contribution in [0.4, 0.5) is 0 Å². The van der Waals surface area contributed by atoms with Gasteiger partial charge >= 0.3 is 0 Å². The number of aliphatic hydroxyl groups is 1. The predicted molar refractivity (Wildman–Crippen MR) is 68.6 cm³/mol. The van der Waals surface area contributed by atoms with E-state index in [2.05, 4.69) is 10.3 Å². The number of aromatic nitrogens is 2. The maximum atomic E-state index is 11.6. The van der Waals surface area contributed by atoms with Crippen LogP contribution in [0.1, 0.15) is 12.6 Å². The third kappa shape index (κ3) is 3.21. The quantitative estimate of drug-likeness (QED) is 0.869. The molecule has 2 aromatic heterocycles. The lowest BCUT2D eigenvalue weighted by Gasteiger charge is -2.05. The number of carbonyl (C=O) groups is 1.